The van der Waals surface area contributed by atoms with Crippen LogP contribution in [0.4, 0.5) is 0 Å². The number of hydrogen-bond acceptors (Lipinski definition) is 0. The summed E-state index contributed by atoms with van der Waals surface area (Å²) in [4.78, 5) is 0. The molecule has 0 fully saturated rings. The Kier molecular flexibility index (Phi) is 3.16. The monoisotopic (exact) mass is 210 g/mol. The van der Waals surface area contributed by atoms with Gasteiger partial charge in [-0.25, -0.2) is 4.58 Å². The van der Waals surface area contributed by atoms with Gasteiger partial charge in [0.2, 0.25) is 0 Å². The van der Waals surface area contributed by atoms with Crippen LogP contribution in [0.25, 0.3) is 16.8 Å². The van der Waals surface area contributed by atoms with E-state index in [2.05, 4.69) is 54.6 Å². The Morgan fingerprint density at radius 2 is 1.69 bits per heavy atom. The minimum absolute atomic E-state index is 1.23. The van der Waals surface area contributed by atoms with Crippen molar-refractivity contribution in [2.24, 2.45) is 0 Å². The highest BCUT2D eigenvalue weighted by molar-refractivity contribution is 5.85. The Bertz CT molecular complexity index is 546. The Balaban J connectivity index is 2.33. The molecule has 0 bridgehead atoms. The number of benzene rings is 2. The van der Waals surface area contributed by atoms with E-state index in [1.165, 1.54) is 16.3 Å². The fourth-order valence-electron chi connectivity index (χ4n) is 1.64. The number of fused-ring (bicyclic) bond motifs is 1. The van der Waals surface area contributed by atoms with E-state index in [4.69, 9.17) is 0 Å². The molecule has 16 heavy (non-hydrogen) atoms. The molecule has 0 amide bonds. The maximum absolute atomic E-state index is 2.20. The van der Waals surface area contributed by atoms with Gasteiger partial charge in [0.05, 0.1) is 0 Å². The van der Waals surface area contributed by atoms with Gasteiger partial charge in [-0.2, -0.15) is 0 Å². The first-order chi connectivity index (χ1) is 7.75. The summed E-state index contributed by atoms with van der Waals surface area (Å²) in [7, 11) is 4.04. The zero-order valence-corrected chi connectivity index (χ0v) is 9.72. The highest BCUT2D eigenvalue weighted by Gasteiger charge is 1.92. The zero-order chi connectivity index (χ0) is 11.4. The standard InChI is InChI=1S/C15H16N/c1-16(2)11-5-6-13-9-10-14-7-3-4-8-15(14)12-13/h3-12H,1-2H3/q+1/b6-5+. The summed E-state index contributed by atoms with van der Waals surface area (Å²) < 4.78 is 2.03. The molecule has 0 aliphatic rings. The third kappa shape index (κ3) is 2.57. The van der Waals surface area contributed by atoms with Crippen molar-refractivity contribution in [1.29, 1.82) is 0 Å². The molecule has 2 aromatic rings. The van der Waals surface area contributed by atoms with Crippen molar-refractivity contribution in [3.63, 3.8) is 0 Å². The van der Waals surface area contributed by atoms with Crippen LogP contribution in [0.2, 0.25) is 0 Å². The molecule has 0 N–H and O–H groups in total. The first kappa shape index (κ1) is 10.6. The molecule has 0 atom stereocenters. The van der Waals surface area contributed by atoms with E-state index >= 15 is 0 Å². The van der Waals surface area contributed by atoms with Crippen LogP contribution in [0, 0.1) is 0 Å². The fraction of sp³-hybridized carbons (Fsp3) is 0.133. The van der Waals surface area contributed by atoms with Crippen molar-refractivity contribution in [2.75, 3.05) is 14.1 Å². The molecule has 0 saturated heterocycles. The van der Waals surface area contributed by atoms with Crippen LogP contribution in [0.5, 0.6) is 0 Å². The molecule has 2 aromatic carbocycles. The lowest BCUT2D eigenvalue weighted by Gasteiger charge is -1.98. The minimum Gasteiger partial charge on any atom is -0.241 e. The van der Waals surface area contributed by atoms with Crippen LogP contribution in [0.1, 0.15) is 5.56 Å². The first-order valence-corrected chi connectivity index (χ1v) is 5.42. The van der Waals surface area contributed by atoms with E-state index in [0.717, 1.165) is 0 Å². The summed E-state index contributed by atoms with van der Waals surface area (Å²) in [6.45, 7) is 0. The van der Waals surface area contributed by atoms with Crippen LogP contribution in [0.3, 0.4) is 0 Å². The van der Waals surface area contributed by atoms with Gasteiger partial charge in [0.15, 0.2) is 6.21 Å². The second-order valence-electron chi connectivity index (χ2n) is 4.08. The van der Waals surface area contributed by atoms with Crippen molar-refractivity contribution in [1.82, 2.24) is 0 Å². The van der Waals surface area contributed by atoms with E-state index in [9.17, 15) is 0 Å². The van der Waals surface area contributed by atoms with Gasteiger partial charge in [-0.1, -0.05) is 36.4 Å². The smallest absolute Gasteiger partial charge is 0.162 e. The summed E-state index contributed by atoms with van der Waals surface area (Å²) in [5, 5.41) is 2.57. The molecule has 0 unspecified atom stereocenters. The molecule has 80 valence electrons. The summed E-state index contributed by atoms with van der Waals surface area (Å²) in [6, 6.07) is 14.9. The predicted octanol–water partition coefficient (Wildman–Crippen LogP) is 3.20. The van der Waals surface area contributed by atoms with E-state index in [-0.39, 0.29) is 0 Å². The number of allylic oxidation sites excluding steroid dienone is 1. The van der Waals surface area contributed by atoms with Gasteiger partial charge in [-0.3, -0.25) is 0 Å². The van der Waals surface area contributed by atoms with Crippen molar-refractivity contribution in [2.45, 2.75) is 0 Å². The van der Waals surface area contributed by atoms with E-state index in [1.54, 1.807) is 0 Å². The summed E-state index contributed by atoms with van der Waals surface area (Å²) in [5.41, 5.74) is 1.23. The Hall–Kier alpha value is -1.89. The van der Waals surface area contributed by atoms with Crippen LogP contribution in [-0.4, -0.2) is 24.9 Å². The maximum atomic E-state index is 2.20. The Labute approximate surface area is 96.4 Å². The molecule has 0 saturated carbocycles. The highest BCUT2D eigenvalue weighted by Crippen LogP contribution is 2.16. The molecular formula is C15H16N+. The lowest BCUT2D eigenvalue weighted by molar-refractivity contribution is -0.458. The van der Waals surface area contributed by atoms with E-state index < -0.39 is 0 Å². The lowest BCUT2D eigenvalue weighted by atomic mass is 10.1. The third-order valence-electron chi connectivity index (χ3n) is 2.45. The number of rotatable bonds is 2. The average Bonchev–Trinajstić information content (AvgIpc) is 2.28. The molecule has 0 spiro atoms. The summed E-state index contributed by atoms with van der Waals surface area (Å²) >= 11 is 0. The molecule has 0 heterocycles. The van der Waals surface area contributed by atoms with Crippen molar-refractivity contribution >= 4 is 23.1 Å². The van der Waals surface area contributed by atoms with Gasteiger partial charge in [-0.15, -0.1) is 0 Å². The third-order valence-corrected chi connectivity index (χ3v) is 2.45. The van der Waals surface area contributed by atoms with Gasteiger partial charge >= 0.3 is 0 Å². The molecule has 0 aliphatic heterocycles. The second-order valence-corrected chi connectivity index (χ2v) is 4.08. The van der Waals surface area contributed by atoms with E-state index in [1.807, 2.05) is 24.9 Å². The Morgan fingerprint density at radius 1 is 0.938 bits per heavy atom. The molecule has 0 aliphatic carbocycles. The van der Waals surface area contributed by atoms with Crippen LogP contribution >= 0.6 is 0 Å². The quantitative estimate of drug-likeness (QED) is 0.529. The minimum atomic E-state index is 1.23. The van der Waals surface area contributed by atoms with Gasteiger partial charge in [-0.05, 0) is 28.5 Å². The fourth-order valence-corrected chi connectivity index (χ4v) is 1.64. The lowest BCUT2D eigenvalue weighted by Crippen LogP contribution is -1.94. The number of nitrogens with zero attached hydrogens (tertiary/aromatic N) is 1. The zero-order valence-electron chi connectivity index (χ0n) is 9.72. The normalized spacial score (nSPS) is 10.9. The molecule has 2 rings (SSSR count). The number of hydrogen-bond donors (Lipinski definition) is 0. The molecule has 0 aromatic heterocycles. The van der Waals surface area contributed by atoms with Gasteiger partial charge in [0.1, 0.15) is 14.1 Å². The molecule has 1 nitrogen and oxygen atoms in total. The van der Waals surface area contributed by atoms with Crippen molar-refractivity contribution in [3.8, 4) is 0 Å². The highest BCUT2D eigenvalue weighted by atomic mass is 14.9. The molecular weight excluding hydrogens is 194 g/mol. The van der Waals surface area contributed by atoms with Crippen molar-refractivity contribution < 1.29 is 4.58 Å². The Morgan fingerprint density at radius 3 is 2.44 bits per heavy atom. The van der Waals surface area contributed by atoms with Crippen molar-refractivity contribution in [3.05, 3.63) is 54.1 Å². The van der Waals surface area contributed by atoms with Crippen LogP contribution in [0.15, 0.2) is 48.5 Å². The summed E-state index contributed by atoms with van der Waals surface area (Å²) in [6.07, 6.45) is 6.21. The van der Waals surface area contributed by atoms with E-state index in [0.29, 0.717) is 0 Å². The first-order valence-electron chi connectivity index (χ1n) is 5.42. The van der Waals surface area contributed by atoms with Crippen LogP contribution < -0.4 is 0 Å². The molecule has 0 radical (unpaired) electrons. The second kappa shape index (κ2) is 4.75. The average molecular weight is 210 g/mol. The van der Waals surface area contributed by atoms with Gasteiger partial charge < -0.3 is 0 Å². The topological polar surface area (TPSA) is 3.01 Å². The van der Waals surface area contributed by atoms with Gasteiger partial charge in [0.25, 0.3) is 0 Å². The van der Waals surface area contributed by atoms with Crippen LogP contribution in [-0.2, 0) is 0 Å². The maximum Gasteiger partial charge on any atom is 0.162 e. The summed E-state index contributed by atoms with van der Waals surface area (Å²) in [5.74, 6) is 0. The largest absolute Gasteiger partial charge is 0.241 e. The molecule has 1 heteroatoms. The van der Waals surface area contributed by atoms with Gasteiger partial charge in [0, 0.05) is 6.08 Å². The SMILES string of the molecule is C[N+](C)=C/C=C/c1ccc2ccccc2c1. The predicted molar refractivity (Wildman–Crippen MR) is 71.2 cm³/mol.